The van der Waals surface area contributed by atoms with Gasteiger partial charge in [0.1, 0.15) is 5.75 Å². The van der Waals surface area contributed by atoms with Gasteiger partial charge < -0.3 is 4.74 Å². The first-order chi connectivity index (χ1) is 12.0. The molecule has 3 rings (SSSR count). The standard InChI is InChI=1S/C18H19N3O3S/c1-14-6-8-18(9-7-14)25(22,23)20-16-11-19-21(13-16)12-15-4-3-5-17(10-15)24-2/h3-11,13,20H,12H2,1-2H3. The summed E-state index contributed by atoms with van der Waals surface area (Å²) in [6.45, 7) is 2.43. The third-order valence-corrected chi connectivity index (χ3v) is 5.09. The van der Waals surface area contributed by atoms with E-state index in [9.17, 15) is 8.42 Å². The Morgan fingerprint density at radius 1 is 1.16 bits per heavy atom. The Kier molecular flexibility index (Phi) is 4.76. The second-order valence-corrected chi connectivity index (χ2v) is 7.38. The molecule has 0 atom stereocenters. The van der Waals surface area contributed by atoms with Crippen molar-refractivity contribution < 1.29 is 13.2 Å². The van der Waals surface area contributed by atoms with E-state index in [2.05, 4.69) is 9.82 Å². The molecule has 0 bridgehead atoms. The van der Waals surface area contributed by atoms with Gasteiger partial charge in [0, 0.05) is 6.20 Å². The first-order valence-electron chi connectivity index (χ1n) is 7.71. The lowest BCUT2D eigenvalue weighted by atomic mass is 10.2. The molecule has 0 aliphatic carbocycles. The fraction of sp³-hybridized carbons (Fsp3) is 0.167. The van der Waals surface area contributed by atoms with Crippen molar-refractivity contribution in [3.05, 3.63) is 72.1 Å². The van der Waals surface area contributed by atoms with Crippen LogP contribution >= 0.6 is 0 Å². The molecule has 0 spiro atoms. The Morgan fingerprint density at radius 3 is 2.64 bits per heavy atom. The van der Waals surface area contributed by atoms with Crippen molar-refractivity contribution in [3.63, 3.8) is 0 Å². The molecule has 1 heterocycles. The Bertz CT molecular complexity index is 963. The van der Waals surface area contributed by atoms with Gasteiger partial charge in [-0.05, 0) is 36.8 Å². The number of methoxy groups -OCH3 is 1. The van der Waals surface area contributed by atoms with Crippen LogP contribution in [0.4, 0.5) is 5.69 Å². The molecule has 6 nitrogen and oxygen atoms in total. The normalized spacial score (nSPS) is 11.3. The van der Waals surface area contributed by atoms with Crippen LogP contribution in [0.25, 0.3) is 0 Å². The number of ether oxygens (including phenoxy) is 1. The summed E-state index contributed by atoms with van der Waals surface area (Å²) in [6.07, 6.45) is 3.15. The van der Waals surface area contributed by atoms with Crippen LogP contribution in [-0.2, 0) is 16.6 Å². The molecule has 0 amide bonds. The lowest BCUT2D eigenvalue weighted by Gasteiger charge is -2.06. The predicted octanol–water partition coefficient (Wildman–Crippen LogP) is 3.05. The Balaban J connectivity index is 1.73. The molecule has 1 aromatic heterocycles. The smallest absolute Gasteiger partial charge is 0.261 e. The second kappa shape index (κ2) is 6.98. The van der Waals surface area contributed by atoms with Crippen LogP contribution in [0.15, 0.2) is 65.8 Å². The maximum absolute atomic E-state index is 12.4. The van der Waals surface area contributed by atoms with Crippen molar-refractivity contribution in [2.75, 3.05) is 11.8 Å². The van der Waals surface area contributed by atoms with Crippen LogP contribution in [0.5, 0.6) is 5.75 Å². The molecular formula is C18H19N3O3S. The van der Waals surface area contributed by atoms with Gasteiger partial charge in [-0.2, -0.15) is 5.10 Å². The van der Waals surface area contributed by atoms with Crippen LogP contribution in [-0.4, -0.2) is 25.3 Å². The third kappa shape index (κ3) is 4.19. The molecule has 0 saturated carbocycles. The average Bonchev–Trinajstić information content (AvgIpc) is 3.01. The second-order valence-electron chi connectivity index (χ2n) is 5.70. The molecule has 0 unspecified atom stereocenters. The van der Waals surface area contributed by atoms with Crippen molar-refractivity contribution in [1.29, 1.82) is 0 Å². The van der Waals surface area contributed by atoms with Gasteiger partial charge in [0.25, 0.3) is 10.0 Å². The minimum absolute atomic E-state index is 0.221. The number of hydrogen-bond acceptors (Lipinski definition) is 4. The van der Waals surface area contributed by atoms with Gasteiger partial charge in [0.15, 0.2) is 0 Å². The van der Waals surface area contributed by atoms with Gasteiger partial charge >= 0.3 is 0 Å². The largest absolute Gasteiger partial charge is 0.497 e. The summed E-state index contributed by atoms with van der Waals surface area (Å²) < 4.78 is 34.2. The van der Waals surface area contributed by atoms with Gasteiger partial charge in [-0.3, -0.25) is 9.40 Å². The fourth-order valence-corrected chi connectivity index (χ4v) is 3.42. The molecular weight excluding hydrogens is 338 g/mol. The number of anilines is 1. The number of aryl methyl sites for hydroxylation is 1. The summed E-state index contributed by atoms with van der Waals surface area (Å²) in [7, 11) is -2.01. The summed E-state index contributed by atoms with van der Waals surface area (Å²) in [4.78, 5) is 0.221. The zero-order chi connectivity index (χ0) is 17.9. The van der Waals surface area contributed by atoms with E-state index in [4.69, 9.17) is 4.74 Å². The number of rotatable bonds is 6. The van der Waals surface area contributed by atoms with E-state index >= 15 is 0 Å². The highest BCUT2D eigenvalue weighted by molar-refractivity contribution is 7.92. The monoisotopic (exact) mass is 357 g/mol. The number of sulfonamides is 1. The number of benzene rings is 2. The van der Waals surface area contributed by atoms with Gasteiger partial charge in [-0.15, -0.1) is 0 Å². The zero-order valence-electron chi connectivity index (χ0n) is 14.0. The maximum atomic E-state index is 12.4. The number of hydrogen-bond donors (Lipinski definition) is 1. The first-order valence-corrected chi connectivity index (χ1v) is 9.19. The van der Waals surface area contributed by atoms with Crippen LogP contribution in [0.2, 0.25) is 0 Å². The molecule has 0 aliphatic heterocycles. The van der Waals surface area contributed by atoms with Crippen molar-refractivity contribution >= 4 is 15.7 Å². The Hall–Kier alpha value is -2.80. The van der Waals surface area contributed by atoms with E-state index in [-0.39, 0.29) is 4.90 Å². The molecule has 0 fully saturated rings. The van der Waals surface area contributed by atoms with Crippen molar-refractivity contribution in [3.8, 4) is 5.75 Å². The highest BCUT2D eigenvalue weighted by Crippen LogP contribution is 2.17. The Morgan fingerprint density at radius 2 is 1.92 bits per heavy atom. The third-order valence-electron chi connectivity index (χ3n) is 3.70. The quantitative estimate of drug-likeness (QED) is 0.736. The van der Waals surface area contributed by atoms with E-state index in [0.717, 1.165) is 16.9 Å². The van der Waals surface area contributed by atoms with Gasteiger partial charge in [-0.25, -0.2) is 8.42 Å². The Labute approximate surface area is 147 Å². The van der Waals surface area contributed by atoms with Gasteiger partial charge in [-0.1, -0.05) is 29.8 Å². The fourth-order valence-electron chi connectivity index (χ4n) is 2.39. The van der Waals surface area contributed by atoms with E-state index in [0.29, 0.717) is 12.2 Å². The molecule has 7 heteroatoms. The van der Waals surface area contributed by atoms with Crippen LogP contribution in [0.3, 0.4) is 0 Å². The molecule has 2 aromatic carbocycles. The van der Waals surface area contributed by atoms with Crippen LogP contribution in [0.1, 0.15) is 11.1 Å². The summed E-state index contributed by atoms with van der Waals surface area (Å²) >= 11 is 0. The van der Waals surface area contributed by atoms with Crippen LogP contribution in [0, 0.1) is 6.92 Å². The van der Waals surface area contributed by atoms with E-state index in [1.165, 1.54) is 6.20 Å². The molecule has 1 N–H and O–H groups in total. The molecule has 3 aromatic rings. The van der Waals surface area contributed by atoms with Gasteiger partial charge in [0.05, 0.1) is 30.4 Å². The highest BCUT2D eigenvalue weighted by Gasteiger charge is 2.14. The van der Waals surface area contributed by atoms with E-state index in [1.54, 1.807) is 42.3 Å². The topological polar surface area (TPSA) is 73.2 Å². The molecule has 130 valence electrons. The van der Waals surface area contributed by atoms with E-state index < -0.39 is 10.0 Å². The lowest BCUT2D eigenvalue weighted by molar-refractivity contribution is 0.414. The first kappa shape index (κ1) is 17.0. The minimum Gasteiger partial charge on any atom is -0.497 e. The number of aromatic nitrogens is 2. The molecule has 0 saturated heterocycles. The summed E-state index contributed by atoms with van der Waals surface area (Å²) in [5.74, 6) is 0.768. The van der Waals surface area contributed by atoms with Crippen molar-refractivity contribution in [1.82, 2.24) is 9.78 Å². The summed E-state index contributed by atoms with van der Waals surface area (Å²) in [5, 5.41) is 4.21. The number of nitrogens with zero attached hydrogens (tertiary/aromatic N) is 2. The number of nitrogens with one attached hydrogen (secondary N) is 1. The lowest BCUT2D eigenvalue weighted by Crippen LogP contribution is -2.12. The molecule has 0 aliphatic rings. The van der Waals surface area contributed by atoms with Crippen LogP contribution < -0.4 is 9.46 Å². The average molecular weight is 357 g/mol. The summed E-state index contributed by atoms with van der Waals surface area (Å²) in [6, 6.07) is 14.3. The maximum Gasteiger partial charge on any atom is 0.261 e. The van der Waals surface area contributed by atoms with Crippen molar-refractivity contribution in [2.24, 2.45) is 0 Å². The van der Waals surface area contributed by atoms with E-state index in [1.807, 2.05) is 31.2 Å². The zero-order valence-corrected chi connectivity index (χ0v) is 14.8. The SMILES string of the molecule is COc1cccc(Cn2cc(NS(=O)(=O)c3ccc(C)cc3)cn2)c1. The molecule has 25 heavy (non-hydrogen) atoms. The predicted molar refractivity (Wildman–Crippen MR) is 96.3 cm³/mol. The van der Waals surface area contributed by atoms with Gasteiger partial charge in [0.2, 0.25) is 0 Å². The molecule has 0 radical (unpaired) electrons. The summed E-state index contributed by atoms with van der Waals surface area (Å²) in [5.41, 5.74) is 2.43. The highest BCUT2D eigenvalue weighted by atomic mass is 32.2. The minimum atomic E-state index is -3.62. The van der Waals surface area contributed by atoms with Crippen molar-refractivity contribution in [2.45, 2.75) is 18.4 Å².